The molecule has 0 atom stereocenters. The SMILES string of the molecule is CCCCCC.[In]. The largest absolute Gasteiger partial charge is 0.0654 e. The van der Waals surface area contributed by atoms with Gasteiger partial charge < -0.3 is 0 Å². The van der Waals surface area contributed by atoms with E-state index in [1.165, 1.54) is 25.7 Å². The van der Waals surface area contributed by atoms with E-state index in [2.05, 4.69) is 13.8 Å². The zero-order valence-electron chi connectivity index (χ0n) is 5.41. The van der Waals surface area contributed by atoms with E-state index in [4.69, 9.17) is 0 Å². The van der Waals surface area contributed by atoms with Crippen LogP contribution in [0.1, 0.15) is 39.5 Å². The molecule has 0 N–H and O–H groups in total. The van der Waals surface area contributed by atoms with Gasteiger partial charge in [-0.25, -0.2) is 0 Å². The van der Waals surface area contributed by atoms with Gasteiger partial charge in [-0.1, -0.05) is 39.5 Å². The van der Waals surface area contributed by atoms with Gasteiger partial charge in [-0.3, -0.25) is 0 Å². The molecule has 0 nitrogen and oxygen atoms in total. The molecule has 0 saturated carbocycles. The molecule has 3 radical (unpaired) electrons. The van der Waals surface area contributed by atoms with Crippen molar-refractivity contribution in [3.05, 3.63) is 0 Å². The van der Waals surface area contributed by atoms with E-state index >= 15 is 0 Å². The first kappa shape index (κ1) is 10.8. The molecule has 0 heterocycles. The first-order valence-corrected chi connectivity index (χ1v) is 2.91. The van der Waals surface area contributed by atoms with Crippen LogP contribution in [0.3, 0.4) is 0 Å². The minimum Gasteiger partial charge on any atom is -0.0654 e. The van der Waals surface area contributed by atoms with Gasteiger partial charge in [0.1, 0.15) is 0 Å². The maximum atomic E-state index is 2.23. The van der Waals surface area contributed by atoms with Crippen molar-refractivity contribution in [2.45, 2.75) is 39.5 Å². The second-order valence-corrected chi connectivity index (χ2v) is 1.71. The molecule has 0 aliphatic heterocycles. The summed E-state index contributed by atoms with van der Waals surface area (Å²) < 4.78 is 0. The third kappa shape index (κ3) is 10.9. The molecule has 0 aromatic rings. The van der Waals surface area contributed by atoms with E-state index < -0.39 is 0 Å². The summed E-state index contributed by atoms with van der Waals surface area (Å²) in [5, 5.41) is 0. The quantitative estimate of drug-likeness (QED) is 0.614. The van der Waals surface area contributed by atoms with Crippen molar-refractivity contribution >= 4 is 25.8 Å². The summed E-state index contributed by atoms with van der Waals surface area (Å²) in [4.78, 5) is 0. The Morgan fingerprint density at radius 2 is 1.14 bits per heavy atom. The molecule has 41 valence electrons. The summed E-state index contributed by atoms with van der Waals surface area (Å²) in [6.45, 7) is 4.46. The summed E-state index contributed by atoms with van der Waals surface area (Å²) >= 11 is 0. The maximum Gasteiger partial charge on any atom is 0 e. The molecule has 0 aromatic heterocycles. The van der Waals surface area contributed by atoms with Gasteiger partial charge in [0.05, 0.1) is 0 Å². The Hall–Kier alpha value is 0.870. The first-order chi connectivity index (χ1) is 2.91. The van der Waals surface area contributed by atoms with Crippen LogP contribution in [0.2, 0.25) is 0 Å². The molecular weight excluding hydrogens is 187 g/mol. The Kier molecular flexibility index (Phi) is 15.4. The van der Waals surface area contributed by atoms with Crippen LogP contribution in [0.25, 0.3) is 0 Å². The second kappa shape index (κ2) is 9.98. The van der Waals surface area contributed by atoms with Crippen molar-refractivity contribution < 1.29 is 0 Å². The third-order valence-corrected chi connectivity index (χ3v) is 0.957. The fraction of sp³-hybridized carbons (Fsp3) is 1.00. The standard InChI is InChI=1S/C6H14.In/c1-3-5-6-4-2;/h3-6H2,1-2H3;. The first-order valence-electron chi connectivity index (χ1n) is 2.91. The van der Waals surface area contributed by atoms with Crippen molar-refractivity contribution in [1.29, 1.82) is 0 Å². The zero-order valence-corrected chi connectivity index (χ0v) is 8.70. The molecule has 0 bridgehead atoms. The van der Waals surface area contributed by atoms with Crippen molar-refractivity contribution in [1.82, 2.24) is 0 Å². The summed E-state index contributed by atoms with van der Waals surface area (Å²) in [5.41, 5.74) is 0. The van der Waals surface area contributed by atoms with Crippen LogP contribution in [0.15, 0.2) is 0 Å². The molecule has 0 amide bonds. The number of hydrogen-bond acceptors (Lipinski definition) is 0. The fourth-order valence-electron chi connectivity index (χ4n) is 0.500. The van der Waals surface area contributed by atoms with Gasteiger partial charge >= 0.3 is 0 Å². The average Bonchev–Trinajstić information content (AvgIpc) is 1.61. The van der Waals surface area contributed by atoms with E-state index in [0.717, 1.165) is 0 Å². The van der Waals surface area contributed by atoms with Gasteiger partial charge in [0.15, 0.2) is 0 Å². The Labute approximate surface area is 65.5 Å². The smallest absolute Gasteiger partial charge is 0 e. The van der Waals surface area contributed by atoms with Crippen molar-refractivity contribution in [3.8, 4) is 0 Å². The molecule has 0 fully saturated rings. The molecule has 0 unspecified atom stereocenters. The van der Waals surface area contributed by atoms with Gasteiger partial charge in [0.2, 0.25) is 0 Å². The Balaban J connectivity index is 0. The third-order valence-electron chi connectivity index (χ3n) is 0.957. The molecule has 0 aliphatic rings. The topological polar surface area (TPSA) is 0 Å². The monoisotopic (exact) mass is 201 g/mol. The normalized spacial score (nSPS) is 7.71. The van der Waals surface area contributed by atoms with Gasteiger partial charge in [-0.15, -0.1) is 0 Å². The Morgan fingerprint density at radius 3 is 1.29 bits per heavy atom. The predicted molar refractivity (Wildman–Crippen MR) is 35.6 cm³/mol. The minimum absolute atomic E-state index is 0. The van der Waals surface area contributed by atoms with Gasteiger partial charge in [0, 0.05) is 25.8 Å². The van der Waals surface area contributed by atoms with Crippen LogP contribution >= 0.6 is 0 Å². The van der Waals surface area contributed by atoms with Crippen LogP contribution in [0.5, 0.6) is 0 Å². The second-order valence-electron chi connectivity index (χ2n) is 1.71. The van der Waals surface area contributed by atoms with Gasteiger partial charge in [-0.05, 0) is 0 Å². The van der Waals surface area contributed by atoms with E-state index in [1.54, 1.807) is 0 Å². The summed E-state index contributed by atoms with van der Waals surface area (Å²) in [6.07, 6.45) is 5.54. The van der Waals surface area contributed by atoms with Crippen LogP contribution in [-0.4, -0.2) is 25.8 Å². The molecule has 0 spiro atoms. The molecule has 7 heavy (non-hydrogen) atoms. The molecule has 0 rings (SSSR count). The Morgan fingerprint density at radius 1 is 0.857 bits per heavy atom. The summed E-state index contributed by atoms with van der Waals surface area (Å²) in [5.74, 6) is 0. The van der Waals surface area contributed by atoms with Gasteiger partial charge in [0.25, 0.3) is 0 Å². The molecule has 1 heteroatoms. The van der Waals surface area contributed by atoms with Crippen LogP contribution in [-0.2, 0) is 0 Å². The van der Waals surface area contributed by atoms with E-state index in [1.807, 2.05) is 0 Å². The Bertz CT molecular complexity index is 16.1. The average molecular weight is 201 g/mol. The number of hydrogen-bond donors (Lipinski definition) is 0. The van der Waals surface area contributed by atoms with Gasteiger partial charge in [-0.2, -0.15) is 0 Å². The number of rotatable bonds is 3. The minimum atomic E-state index is 0. The van der Waals surface area contributed by atoms with Crippen LogP contribution in [0.4, 0.5) is 0 Å². The summed E-state index contributed by atoms with van der Waals surface area (Å²) in [7, 11) is 0. The molecule has 0 aliphatic carbocycles. The van der Waals surface area contributed by atoms with Crippen LogP contribution < -0.4 is 0 Å². The molecular formula is C6H14In. The zero-order chi connectivity index (χ0) is 4.83. The molecule has 0 saturated heterocycles. The van der Waals surface area contributed by atoms with Crippen LogP contribution in [0, 0.1) is 0 Å². The van der Waals surface area contributed by atoms with Crippen molar-refractivity contribution in [2.24, 2.45) is 0 Å². The number of unbranched alkanes of at least 4 members (excludes halogenated alkanes) is 3. The summed E-state index contributed by atoms with van der Waals surface area (Å²) in [6, 6.07) is 0. The molecule has 0 aromatic carbocycles. The predicted octanol–water partition coefficient (Wildman–Crippen LogP) is 2.21. The van der Waals surface area contributed by atoms with E-state index in [0.29, 0.717) is 0 Å². The van der Waals surface area contributed by atoms with Crippen molar-refractivity contribution in [2.75, 3.05) is 0 Å². The fourth-order valence-corrected chi connectivity index (χ4v) is 0.500. The maximum absolute atomic E-state index is 2.23. The van der Waals surface area contributed by atoms with Crippen molar-refractivity contribution in [3.63, 3.8) is 0 Å². The van der Waals surface area contributed by atoms with E-state index in [-0.39, 0.29) is 25.8 Å². The van der Waals surface area contributed by atoms with E-state index in [9.17, 15) is 0 Å².